The van der Waals surface area contributed by atoms with Crippen LogP contribution in [0.1, 0.15) is 10.4 Å². The quantitative estimate of drug-likeness (QED) is 0.773. The summed E-state index contributed by atoms with van der Waals surface area (Å²) in [6.07, 6.45) is 2.51. The van der Waals surface area contributed by atoms with E-state index < -0.39 is 5.82 Å². The number of rotatable bonds is 2. The van der Waals surface area contributed by atoms with Crippen LogP contribution < -0.4 is 5.32 Å². The fraction of sp³-hybridized carbons (Fsp3) is 0. The van der Waals surface area contributed by atoms with Crippen LogP contribution in [0.5, 0.6) is 0 Å². The number of thiophene rings is 1. The van der Waals surface area contributed by atoms with Crippen molar-refractivity contribution in [2.75, 3.05) is 5.32 Å². The van der Waals surface area contributed by atoms with Gasteiger partial charge >= 0.3 is 0 Å². The number of hydrogen-bond acceptors (Lipinski definition) is 3. The molecule has 0 unspecified atom stereocenters. The number of anilines is 1. The maximum absolute atomic E-state index is 13.4. The molecule has 0 fully saturated rings. The van der Waals surface area contributed by atoms with Crippen molar-refractivity contribution in [2.24, 2.45) is 0 Å². The van der Waals surface area contributed by atoms with Crippen LogP contribution in [-0.4, -0.2) is 10.9 Å². The number of carbonyl (C=O) groups is 1. The van der Waals surface area contributed by atoms with Crippen LogP contribution in [0.15, 0.2) is 48.1 Å². The molecule has 3 rings (SSSR count). The molecule has 0 saturated carbocycles. The van der Waals surface area contributed by atoms with E-state index in [0.29, 0.717) is 5.56 Å². The molecule has 0 spiro atoms. The highest BCUT2D eigenvalue weighted by molar-refractivity contribution is 7.17. The molecule has 19 heavy (non-hydrogen) atoms. The van der Waals surface area contributed by atoms with Gasteiger partial charge in [-0.05, 0) is 12.1 Å². The number of aromatic nitrogens is 1. The molecule has 1 aromatic carbocycles. The van der Waals surface area contributed by atoms with Gasteiger partial charge in [-0.3, -0.25) is 9.78 Å². The molecular formula is C14H9FN2OS. The minimum Gasteiger partial charge on any atom is -0.319 e. The van der Waals surface area contributed by atoms with Crippen molar-refractivity contribution in [1.82, 2.24) is 4.98 Å². The largest absolute Gasteiger partial charge is 0.319 e. The third-order valence-electron chi connectivity index (χ3n) is 2.75. The number of fused-ring (bicyclic) bond motifs is 1. The zero-order valence-electron chi connectivity index (χ0n) is 9.76. The molecule has 1 amide bonds. The van der Waals surface area contributed by atoms with Gasteiger partial charge in [0.1, 0.15) is 0 Å². The van der Waals surface area contributed by atoms with Gasteiger partial charge in [-0.1, -0.05) is 18.2 Å². The van der Waals surface area contributed by atoms with E-state index in [1.54, 1.807) is 5.38 Å². The van der Waals surface area contributed by atoms with Crippen molar-refractivity contribution in [1.29, 1.82) is 0 Å². The van der Waals surface area contributed by atoms with Crippen molar-refractivity contribution >= 4 is 33.0 Å². The average Bonchev–Trinajstić information content (AvgIpc) is 2.85. The predicted octanol–water partition coefficient (Wildman–Crippen LogP) is 3.69. The van der Waals surface area contributed by atoms with Crippen LogP contribution in [0.25, 0.3) is 10.1 Å². The Labute approximate surface area is 112 Å². The van der Waals surface area contributed by atoms with Crippen LogP contribution in [0.2, 0.25) is 0 Å². The molecule has 0 aliphatic carbocycles. The number of carbonyl (C=O) groups excluding carboxylic acids is 1. The summed E-state index contributed by atoms with van der Waals surface area (Å²) in [5.41, 5.74) is 0.687. The fourth-order valence-corrected chi connectivity index (χ4v) is 2.76. The molecule has 3 nitrogen and oxygen atoms in total. The van der Waals surface area contributed by atoms with Gasteiger partial charge in [0.2, 0.25) is 0 Å². The topological polar surface area (TPSA) is 42.0 Å². The Morgan fingerprint density at radius 3 is 2.95 bits per heavy atom. The number of benzene rings is 1. The molecule has 5 heteroatoms. The van der Waals surface area contributed by atoms with Gasteiger partial charge in [-0.25, -0.2) is 4.39 Å². The van der Waals surface area contributed by atoms with E-state index in [0.717, 1.165) is 16.3 Å². The van der Waals surface area contributed by atoms with Crippen LogP contribution in [0.4, 0.5) is 10.1 Å². The van der Waals surface area contributed by atoms with E-state index in [9.17, 15) is 9.18 Å². The number of pyridine rings is 1. The number of hydrogen-bond donors (Lipinski definition) is 1. The second kappa shape index (κ2) is 4.78. The maximum atomic E-state index is 13.4. The molecule has 0 aliphatic heterocycles. The number of nitrogens with one attached hydrogen (secondary N) is 1. The van der Waals surface area contributed by atoms with Gasteiger partial charge in [-0.2, -0.15) is 0 Å². The first-order valence-corrected chi connectivity index (χ1v) is 6.51. The zero-order valence-corrected chi connectivity index (χ0v) is 10.6. The summed E-state index contributed by atoms with van der Waals surface area (Å²) in [6.45, 7) is 0. The van der Waals surface area contributed by atoms with Gasteiger partial charge in [-0.15, -0.1) is 11.3 Å². The van der Waals surface area contributed by atoms with Crippen molar-refractivity contribution < 1.29 is 9.18 Å². The Kier molecular flexibility index (Phi) is 2.97. The smallest absolute Gasteiger partial charge is 0.257 e. The van der Waals surface area contributed by atoms with E-state index in [4.69, 9.17) is 0 Å². The molecule has 1 N–H and O–H groups in total. The monoisotopic (exact) mass is 272 g/mol. The van der Waals surface area contributed by atoms with Crippen molar-refractivity contribution in [3.05, 3.63) is 59.5 Å². The number of nitrogens with zero attached hydrogens (tertiary/aromatic N) is 1. The fourth-order valence-electron chi connectivity index (χ4n) is 1.82. The van der Waals surface area contributed by atoms with Crippen molar-refractivity contribution in [3.8, 4) is 0 Å². The molecule has 2 heterocycles. The van der Waals surface area contributed by atoms with E-state index in [1.807, 2.05) is 24.3 Å². The summed E-state index contributed by atoms with van der Waals surface area (Å²) in [6, 6.07) is 9.05. The van der Waals surface area contributed by atoms with E-state index >= 15 is 0 Å². The summed E-state index contributed by atoms with van der Waals surface area (Å²) in [7, 11) is 0. The molecule has 3 aromatic rings. The van der Waals surface area contributed by atoms with E-state index in [1.165, 1.54) is 23.6 Å². The lowest BCUT2D eigenvalue weighted by Gasteiger charge is -2.04. The summed E-state index contributed by atoms with van der Waals surface area (Å²) < 4.78 is 14.5. The second-order valence-electron chi connectivity index (χ2n) is 3.96. The zero-order chi connectivity index (χ0) is 13.2. The van der Waals surface area contributed by atoms with Gasteiger partial charge in [0, 0.05) is 21.7 Å². The number of amides is 1. The van der Waals surface area contributed by atoms with Gasteiger partial charge < -0.3 is 5.32 Å². The summed E-state index contributed by atoms with van der Waals surface area (Å²) in [4.78, 5) is 15.8. The molecule has 94 valence electrons. The molecule has 0 saturated heterocycles. The lowest BCUT2D eigenvalue weighted by molar-refractivity contribution is 0.102. The van der Waals surface area contributed by atoms with Crippen LogP contribution in [0, 0.1) is 5.82 Å². The van der Waals surface area contributed by atoms with Crippen LogP contribution in [-0.2, 0) is 0 Å². The Balaban J connectivity index is 1.95. The van der Waals surface area contributed by atoms with Gasteiger partial charge in [0.25, 0.3) is 5.91 Å². The SMILES string of the molecule is O=C(Nc1ccncc1F)c1csc2ccccc12. The summed E-state index contributed by atoms with van der Waals surface area (Å²) >= 11 is 1.49. The first kappa shape index (κ1) is 11.8. The highest BCUT2D eigenvalue weighted by Crippen LogP contribution is 2.26. The van der Waals surface area contributed by atoms with Gasteiger partial charge in [0.15, 0.2) is 5.82 Å². The Hall–Kier alpha value is -2.27. The molecule has 0 aliphatic rings. The minimum absolute atomic E-state index is 0.135. The number of halogens is 1. The van der Waals surface area contributed by atoms with E-state index in [2.05, 4.69) is 10.3 Å². The molecular weight excluding hydrogens is 263 g/mol. The first-order valence-electron chi connectivity index (χ1n) is 5.63. The Bertz CT molecular complexity index is 754. The molecule has 0 radical (unpaired) electrons. The first-order chi connectivity index (χ1) is 9.25. The predicted molar refractivity (Wildman–Crippen MR) is 74.0 cm³/mol. The minimum atomic E-state index is -0.546. The maximum Gasteiger partial charge on any atom is 0.257 e. The van der Waals surface area contributed by atoms with Crippen molar-refractivity contribution in [3.63, 3.8) is 0 Å². The summed E-state index contributed by atoms with van der Waals surface area (Å²) in [5, 5.41) is 5.21. The Morgan fingerprint density at radius 1 is 1.26 bits per heavy atom. The normalized spacial score (nSPS) is 10.6. The summed E-state index contributed by atoms with van der Waals surface area (Å²) in [5.74, 6) is -0.863. The molecule has 2 aromatic heterocycles. The van der Waals surface area contributed by atoms with Crippen LogP contribution >= 0.6 is 11.3 Å². The highest BCUT2D eigenvalue weighted by Gasteiger charge is 2.13. The van der Waals surface area contributed by atoms with E-state index in [-0.39, 0.29) is 11.6 Å². The third kappa shape index (κ3) is 2.20. The van der Waals surface area contributed by atoms with Crippen LogP contribution in [0.3, 0.4) is 0 Å². The van der Waals surface area contributed by atoms with Crippen molar-refractivity contribution in [2.45, 2.75) is 0 Å². The highest BCUT2D eigenvalue weighted by atomic mass is 32.1. The molecule has 0 atom stereocenters. The lowest BCUT2D eigenvalue weighted by atomic mass is 10.1. The standard InChI is InChI=1S/C14H9FN2OS/c15-11-7-16-6-5-12(11)17-14(18)10-8-19-13-4-2-1-3-9(10)13/h1-8H,(H,16,17,18). The average molecular weight is 272 g/mol. The lowest BCUT2D eigenvalue weighted by Crippen LogP contribution is -2.12. The second-order valence-corrected chi connectivity index (χ2v) is 4.87. The van der Waals surface area contributed by atoms with Gasteiger partial charge in [0.05, 0.1) is 17.4 Å². The third-order valence-corrected chi connectivity index (χ3v) is 3.71. The molecule has 0 bridgehead atoms. The Morgan fingerprint density at radius 2 is 2.11 bits per heavy atom.